The fraction of sp³-hybridized carbons (Fsp3) is 0.278. The van der Waals surface area contributed by atoms with Crippen molar-refractivity contribution in [2.75, 3.05) is 6.54 Å². The van der Waals surface area contributed by atoms with E-state index in [9.17, 15) is 0 Å². The molecule has 6 heteroatoms. The normalized spacial score (nSPS) is 12.2. The molecule has 0 saturated carbocycles. The number of quaternary nitrogens is 1. The van der Waals surface area contributed by atoms with Gasteiger partial charge in [0.25, 0.3) is 0 Å². The molecule has 3 rings (SSSR count). The third-order valence-electron chi connectivity index (χ3n) is 4.15. The van der Waals surface area contributed by atoms with Gasteiger partial charge < -0.3 is 9.47 Å². The molecular weight excluding hydrogens is 318 g/mol. The van der Waals surface area contributed by atoms with Crippen LogP contribution in [0.3, 0.4) is 0 Å². The summed E-state index contributed by atoms with van der Waals surface area (Å²) in [5, 5.41) is 4.74. The summed E-state index contributed by atoms with van der Waals surface area (Å²) in [7, 11) is 1.96. The Kier molecular flexibility index (Phi) is 5.17. The number of hydrogen-bond donors (Lipinski definition) is 1. The van der Waals surface area contributed by atoms with Gasteiger partial charge in [0.05, 0.1) is 6.54 Å². The molecule has 0 fully saturated rings. The van der Waals surface area contributed by atoms with Gasteiger partial charge in [0, 0.05) is 30.6 Å². The monoisotopic (exact) mass is 340 g/mol. The van der Waals surface area contributed by atoms with E-state index in [4.69, 9.17) is 17.3 Å². The highest BCUT2D eigenvalue weighted by Crippen LogP contribution is 2.15. The van der Waals surface area contributed by atoms with E-state index in [1.165, 1.54) is 10.5 Å². The lowest BCUT2D eigenvalue weighted by atomic mass is 10.2. The average Bonchev–Trinajstić information content (AvgIpc) is 2.91. The van der Waals surface area contributed by atoms with E-state index >= 15 is 0 Å². The lowest BCUT2D eigenvalue weighted by molar-refractivity contribution is -0.935. The van der Waals surface area contributed by atoms with Crippen molar-refractivity contribution in [1.82, 2.24) is 19.3 Å². The largest absolute Gasteiger partial charge is 0.313 e. The molecule has 0 radical (unpaired) electrons. The fourth-order valence-electron chi connectivity index (χ4n) is 2.73. The minimum atomic E-state index is 0.737. The number of pyridine rings is 1. The Morgan fingerprint density at radius 2 is 1.79 bits per heavy atom. The number of hydrogen-bond acceptors (Lipinski definition) is 3. The molecule has 0 aliphatic heterocycles. The zero-order valence-electron chi connectivity index (χ0n) is 14.0. The van der Waals surface area contributed by atoms with Crippen molar-refractivity contribution in [3.8, 4) is 11.4 Å². The van der Waals surface area contributed by atoms with Crippen molar-refractivity contribution in [3.05, 3.63) is 65.2 Å². The SMILES string of the molecule is CC[NH+](Cc1ccccc1)Cn1nc(-c2ccncc2)n(C)c1=S. The van der Waals surface area contributed by atoms with Crippen LogP contribution in [0.25, 0.3) is 11.4 Å². The van der Waals surface area contributed by atoms with Crippen LogP contribution in [-0.2, 0) is 20.3 Å². The predicted octanol–water partition coefficient (Wildman–Crippen LogP) is 2.08. The van der Waals surface area contributed by atoms with Crippen LogP contribution in [-0.4, -0.2) is 25.9 Å². The van der Waals surface area contributed by atoms with Gasteiger partial charge in [-0.25, -0.2) is 0 Å². The van der Waals surface area contributed by atoms with Crippen LogP contribution >= 0.6 is 12.2 Å². The fourth-order valence-corrected chi connectivity index (χ4v) is 2.92. The highest BCUT2D eigenvalue weighted by atomic mass is 32.1. The number of aromatic nitrogens is 4. The molecule has 0 amide bonds. The smallest absolute Gasteiger partial charge is 0.202 e. The van der Waals surface area contributed by atoms with Crippen LogP contribution < -0.4 is 4.90 Å². The van der Waals surface area contributed by atoms with E-state index in [1.54, 1.807) is 12.4 Å². The molecule has 2 heterocycles. The summed E-state index contributed by atoms with van der Waals surface area (Å²) in [4.78, 5) is 5.48. The van der Waals surface area contributed by atoms with Crippen LogP contribution in [0.4, 0.5) is 0 Å². The molecule has 2 aromatic heterocycles. The van der Waals surface area contributed by atoms with E-state index < -0.39 is 0 Å². The quantitative estimate of drug-likeness (QED) is 0.699. The van der Waals surface area contributed by atoms with Crippen molar-refractivity contribution < 1.29 is 4.90 Å². The van der Waals surface area contributed by atoms with Gasteiger partial charge in [-0.15, -0.1) is 5.10 Å². The van der Waals surface area contributed by atoms with Crippen LogP contribution in [0.5, 0.6) is 0 Å². The Labute approximate surface area is 147 Å². The molecule has 5 nitrogen and oxygen atoms in total. The minimum Gasteiger partial charge on any atom is -0.313 e. The van der Waals surface area contributed by atoms with E-state index in [0.29, 0.717) is 0 Å². The highest BCUT2D eigenvalue weighted by Gasteiger charge is 2.14. The topological polar surface area (TPSA) is 40.1 Å². The third kappa shape index (κ3) is 3.60. The van der Waals surface area contributed by atoms with Gasteiger partial charge in [-0.2, -0.15) is 4.68 Å². The van der Waals surface area contributed by atoms with Crippen LogP contribution in [0.1, 0.15) is 12.5 Å². The molecule has 24 heavy (non-hydrogen) atoms. The first-order chi connectivity index (χ1) is 11.7. The van der Waals surface area contributed by atoms with Crippen molar-refractivity contribution in [2.24, 2.45) is 7.05 Å². The zero-order valence-corrected chi connectivity index (χ0v) is 14.8. The van der Waals surface area contributed by atoms with E-state index in [1.807, 2.05) is 34.5 Å². The molecule has 0 aliphatic carbocycles. The first-order valence-electron chi connectivity index (χ1n) is 8.10. The Balaban J connectivity index is 1.83. The number of rotatable bonds is 6. The molecular formula is C18H22N5S+. The summed E-state index contributed by atoms with van der Waals surface area (Å²) in [6, 6.07) is 14.4. The van der Waals surface area contributed by atoms with Crippen molar-refractivity contribution in [2.45, 2.75) is 20.1 Å². The van der Waals surface area contributed by atoms with Gasteiger partial charge in [-0.05, 0) is 31.3 Å². The van der Waals surface area contributed by atoms with Gasteiger partial charge >= 0.3 is 0 Å². The maximum absolute atomic E-state index is 5.58. The van der Waals surface area contributed by atoms with Crippen molar-refractivity contribution in [3.63, 3.8) is 0 Å². The maximum Gasteiger partial charge on any atom is 0.202 e. The number of nitrogens with one attached hydrogen (secondary N) is 1. The van der Waals surface area contributed by atoms with Gasteiger partial charge in [-0.1, -0.05) is 30.3 Å². The maximum atomic E-state index is 5.58. The summed E-state index contributed by atoms with van der Waals surface area (Å²) < 4.78 is 4.62. The molecule has 1 atom stereocenters. The molecule has 0 saturated heterocycles. The second kappa shape index (κ2) is 7.51. The Hall–Kier alpha value is -2.31. The van der Waals surface area contributed by atoms with Gasteiger partial charge in [0.1, 0.15) is 6.54 Å². The van der Waals surface area contributed by atoms with Gasteiger partial charge in [0.15, 0.2) is 12.5 Å². The standard InChI is InChI=1S/C18H21N5S/c1-3-22(13-15-7-5-4-6-8-15)14-23-18(24)21(2)17(20-23)16-9-11-19-12-10-16/h4-12H,3,13-14H2,1-2H3/p+1. The van der Waals surface area contributed by atoms with E-state index in [2.05, 4.69) is 36.2 Å². The summed E-state index contributed by atoms with van der Waals surface area (Å²) >= 11 is 5.58. The van der Waals surface area contributed by atoms with Crippen LogP contribution in [0.15, 0.2) is 54.9 Å². The zero-order chi connectivity index (χ0) is 16.9. The van der Waals surface area contributed by atoms with Crippen molar-refractivity contribution in [1.29, 1.82) is 0 Å². The second-order valence-corrected chi connectivity index (χ2v) is 6.19. The highest BCUT2D eigenvalue weighted by molar-refractivity contribution is 7.71. The second-order valence-electron chi connectivity index (χ2n) is 5.82. The number of benzene rings is 1. The molecule has 0 aliphatic rings. The molecule has 1 unspecified atom stereocenters. The van der Waals surface area contributed by atoms with Crippen LogP contribution in [0, 0.1) is 4.77 Å². The summed E-state index contributed by atoms with van der Waals surface area (Å²) in [5.41, 5.74) is 2.35. The Morgan fingerprint density at radius 3 is 2.46 bits per heavy atom. The third-order valence-corrected chi connectivity index (χ3v) is 4.63. The molecule has 3 aromatic rings. The first-order valence-corrected chi connectivity index (χ1v) is 8.51. The van der Waals surface area contributed by atoms with Gasteiger partial charge in [0.2, 0.25) is 4.77 Å². The summed E-state index contributed by atoms with van der Waals surface area (Å²) in [6.07, 6.45) is 3.55. The van der Waals surface area contributed by atoms with E-state index in [-0.39, 0.29) is 0 Å². The van der Waals surface area contributed by atoms with Crippen LogP contribution in [0.2, 0.25) is 0 Å². The first kappa shape index (κ1) is 16.5. The molecule has 0 bridgehead atoms. The predicted molar refractivity (Wildman–Crippen MR) is 96.9 cm³/mol. The number of nitrogens with zero attached hydrogens (tertiary/aromatic N) is 4. The molecule has 1 aromatic carbocycles. The van der Waals surface area contributed by atoms with Crippen molar-refractivity contribution >= 4 is 12.2 Å². The summed E-state index contributed by atoms with van der Waals surface area (Å²) in [5.74, 6) is 0.873. The Bertz CT molecular complexity index is 839. The van der Waals surface area contributed by atoms with Gasteiger partial charge in [-0.3, -0.25) is 4.98 Å². The molecule has 124 valence electrons. The Morgan fingerprint density at radius 1 is 1.08 bits per heavy atom. The molecule has 0 spiro atoms. The molecule has 1 N–H and O–H groups in total. The lowest BCUT2D eigenvalue weighted by Crippen LogP contribution is -3.09. The lowest BCUT2D eigenvalue weighted by Gasteiger charge is -2.17. The summed E-state index contributed by atoms with van der Waals surface area (Å²) in [6.45, 7) is 4.91. The average molecular weight is 340 g/mol. The van der Waals surface area contributed by atoms with E-state index in [0.717, 1.165) is 35.9 Å². The minimum absolute atomic E-state index is 0.737.